The van der Waals surface area contributed by atoms with Crippen molar-refractivity contribution < 1.29 is 14.3 Å². The average molecular weight is 352 g/mol. The lowest BCUT2D eigenvalue weighted by atomic mass is 9.96. The number of nitrogen functional groups attached to an aromatic ring is 1. The zero-order valence-electron chi connectivity index (χ0n) is 14.6. The molecule has 0 bridgehead atoms. The van der Waals surface area contributed by atoms with E-state index in [0.717, 1.165) is 35.1 Å². The van der Waals surface area contributed by atoms with Crippen molar-refractivity contribution in [3.05, 3.63) is 26.4 Å². The van der Waals surface area contributed by atoms with Crippen molar-refractivity contribution >= 4 is 11.6 Å². The van der Waals surface area contributed by atoms with Crippen LogP contribution in [0.3, 0.4) is 0 Å². The van der Waals surface area contributed by atoms with E-state index < -0.39 is 11.2 Å². The van der Waals surface area contributed by atoms with Gasteiger partial charge in [-0.1, -0.05) is 0 Å². The molecule has 9 nitrogen and oxygen atoms in total. The molecule has 1 aromatic heterocycles. The first-order chi connectivity index (χ1) is 11.9. The smallest absolute Gasteiger partial charge is 0.332 e. The predicted octanol–water partition coefficient (Wildman–Crippen LogP) is -1.07. The standard InChI is InChI=1S/C16H24N4O5/c1-18-13(17)12(14(22)19(2)16(18)23)11(21)9-20-5-3-10(4-6-20)15-24-7-8-25-15/h10,15H,3-9,17H2,1-2H3. The third-order valence-corrected chi connectivity index (χ3v) is 5.02. The van der Waals surface area contributed by atoms with Gasteiger partial charge in [0.25, 0.3) is 5.56 Å². The van der Waals surface area contributed by atoms with E-state index in [4.69, 9.17) is 15.2 Å². The second kappa shape index (κ2) is 7.11. The highest BCUT2D eigenvalue weighted by molar-refractivity contribution is 6.01. The number of nitrogens with zero attached hydrogens (tertiary/aromatic N) is 3. The summed E-state index contributed by atoms with van der Waals surface area (Å²) in [6.45, 7) is 2.84. The van der Waals surface area contributed by atoms with E-state index >= 15 is 0 Å². The molecule has 25 heavy (non-hydrogen) atoms. The molecule has 2 N–H and O–H groups in total. The van der Waals surface area contributed by atoms with Crippen LogP contribution in [-0.4, -0.2) is 59.0 Å². The highest BCUT2D eigenvalue weighted by atomic mass is 16.7. The Morgan fingerprint density at radius 3 is 2.32 bits per heavy atom. The molecule has 2 aliphatic heterocycles. The molecule has 0 spiro atoms. The maximum absolute atomic E-state index is 12.6. The third kappa shape index (κ3) is 3.39. The summed E-state index contributed by atoms with van der Waals surface area (Å²) in [6, 6.07) is 0. The van der Waals surface area contributed by atoms with Gasteiger partial charge in [-0.3, -0.25) is 23.6 Å². The Balaban J connectivity index is 1.68. The van der Waals surface area contributed by atoms with Crippen LogP contribution in [0.15, 0.2) is 9.59 Å². The molecular weight excluding hydrogens is 328 g/mol. The molecule has 2 saturated heterocycles. The fraction of sp³-hybridized carbons (Fsp3) is 0.688. The van der Waals surface area contributed by atoms with Gasteiger partial charge in [0.2, 0.25) is 0 Å². The Bertz CT molecular complexity index is 770. The molecule has 2 fully saturated rings. The normalized spacial score (nSPS) is 20.2. The molecule has 9 heteroatoms. The van der Waals surface area contributed by atoms with Gasteiger partial charge in [0, 0.05) is 20.0 Å². The minimum atomic E-state index is -0.645. The van der Waals surface area contributed by atoms with E-state index in [0.29, 0.717) is 19.1 Å². The summed E-state index contributed by atoms with van der Waals surface area (Å²) < 4.78 is 13.1. The quantitative estimate of drug-likeness (QED) is 0.688. The second-order valence-corrected chi connectivity index (χ2v) is 6.61. The lowest BCUT2D eigenvalue weighted by Gasteiger charge is -2.33. The number of aromatic nitrogens is 2. The average Bonchev–Trinajstić information content (AvgIpc) is 3.14. The molecule has 0 saturated carbocycles. The van der Waals surface area contributed by atoms with Crippen LogP contribution in [0.2, 0.25) is 0 Å². The Kier molecular flexibility index (Phi) is 5.07. The van der Waals surface area contributed by atoms with Crippen LogP contribution in [-0.2, 0) is 23.6 Å². The Hall–Kier alpha value is -1.97. The molecule has 0 unspecified atom stereocenters. The van der Waals surface area contributed by atoms with Crippen LogP contribution in [0, 0.1) is 5.92 Å². The SMILES string of the molecule is Cn1c(N)c(C(=O)CN2CCC(C3OCCO3)CC2)c(=O)n(C)c1=O. The Morgan fingerprint density at radius 2 is 1.72 bits per heavy atom. The number of piperidine rings is 1. The largest absolute Gasteiger partial charge is 0.384 e. The molecule has 3 heterocycles. The summed E-state index contributed by atoms with van der Waals surface area (Å²) in [5.41, 5.74) is 4.53. The van der Waals surface area contributed by atoms with Gasteiger partial charge < -0.3 is 15.2 Å². The number of Topliss-reactive ketones (excluding diaryl/α,β-unsaturated/α-hetero) is 1. The number of nitrogens with two attached hydrogens (primary N) is 1. The van der Waals surface area contributed by atoms with E-state index in [1.807, 2.05) is 4.90 Å². The zero-order chi connectivity index (χ0) is 18.1. The van der Waals surface area contributed by atoms with Crippen LogP contribution in [0.1, 0.15) is 23.2 Å². The third-order valence-electron chi connectivity index (χ3n) is 5.02. The van der Waals surface area contributed by atoms with E-state index in [-0.39, 0.29) is 30.0 Å². The number of carbonyl (C=O) groups excluding carboxylic acids is 1. The van der Waals surface area contributed by atoms with Crippen LogP contribution in [0.4, 0.5) is 5.82 Å². The van der Waals surface area contributed by atoms with Crippen LogP contribution < -0.4 is 17.0 Å². The topological polar surface area (TPSA) is 109 Å². The van der Waals surface area contributed by atoms with Crippen LogP contribution in [0.5, 0.6) is 0 Å². The highest BCUT2D eigenvalue weighted by Gasteiger charge is 2.31. The first kappa shape index (κ1) is 17.8. The van der Waals surface area contributed by atoms with Gasteiger partial charge in [0.05, 0.1) is 19.8 Å². The highest BCUT2D eigenvalue weighted by Crippen LogP contribution is 2.25. The van der Waals surface area contributed by atoms with Crippen LogP contribution in [0.25, 0.3) is 0 Å². The van der Waals surface area contributed by atoms with E-state index in [2.05, 4.69) is 0 Å². The number of hydrogen-bond donors (Lipinski definition) is 1. The lowest BCUT2D eigenvalue weighted by Crippen LogP contribution is -2.45. The summed E-state index contributed by atoms with van der Waals surface area (Å²) in [7, 11) is 2.79. The summed E-state index contributed by atoms with van der Waals surface area (Å²) in [4.78, 5) is 38.7. The molecule has 0 amide bonds. The van der Waals surface area contributed by atoms with Gasteiger partial charge in [-0.25, -0.2) is 4.79 Å². The Labute approximate surface area is 144 Å². The zero-order valence-corrected chi connectivity index (χ0v) is 14.6. The molecular formula is C16H24N4O5. The fourth-order valence-corrected chi connectivity index (χ4v) is 3.44. The number of hydrogen-bond acceptors (Lipinski definition) is 7. The molecule has 138 valence electrons. The van der Waals surface area contributed by atoms with E-state index in [1.165, 1.54) is 14.1 Å². The van der Waals surface area contributed by atoms with Crippen molar-refractivity contribution in [3.8, 4) is 0 Å². The molecule has 0 atom stereocenters. The van der Waals surface area contributed by atoms with Crippen molar-refractivity contribution in [1.82, 2.24) is 14.0 Å². The van der Waals surface area contributed by atoms with Gasteiger partial charge in [0.1, 0.15) is 11.4 Å². The maximum atomic E-state index is 12.6. The molecule has 0 radical (unpaired) electrons. The first-order valence-corrected chi connectivity index (χ1v) is 8.44. The molecule has 2 aliphatic rings. The predicted molar refractivity (Wildman–Crippen MR) is 90.5 cm³/mol. The summed E-state index contributed by atoms with van der Waals surface area (Å²) in [5, 5.41) is 0. The molecule has 0 aliphatic carbocycles. The molecule has 0 aromatic carbocycles. The van der Waals surface area contributed by atoms with Crippen molar-refractivity contribution in [1.29, 1.82) is 0 Å². The van der Waals surface area contributed by atoms with Crippen molar-refractivity contribution in [2.75, 3.05) is 38.6 Å². The van der Waals surface area contributed by atoms with Gasteiger partial charge in [-0.05, 0) is 25.9 Å². The van der Waals surface area contributed by atoms with Crippen molar-refractivity contribution in [2.45, 2.75) is 19.1 Å². The summed E-state index contributed by atoms with van der Waals surface area (Å²) in [6.07, 6.45) is 1.61. The molecule has 3 rings (SSSR count). The fourth-order valence-electron chi connectivity index (χ4n) is 3.44. The summed E-state index contributed by atoms with van der Waals surface area (Å²) in [5.74, 6) is -0.106. The number of ketones is 1. The summed E-state index contributed by atoms with van der Waals surface area (Å²) >= 11 is 0. The van der Waals surface area contributed by atoms with E-state index in [9.17, 15) is 14.4 Å². The number of carbonyl (C=O) groups is 1. The molecule has 1 aromatic rings. The lowest BCUT2D eigenvalue weighted by molar-refractivity contribution is -0.0968. The van der Waals surface area contributed by atoms with Gasteiger partial charge >= 0.3 is 5.69 Å². The second-order valence-electron chi connectivity index (χ2n) is 6.61. The van der Waals surface area contributed by atoms with Gasteiger partial charge in [0.15, 0.2) is 12.1 Å². The number of ether oxygens (including phenoxy) is 2. The van der Waals surface area contributed by atoms with E-state index in [1.54, 1.807) is 0 Å². The van der Waals surface area contributed by atoms with Gasteiger partial charge in [-0.2, -0.15) is 0 Å². The minimum Gasteiger partial charge on any atom is -0.384 e. The van der Waals surface area contributed by atoms with Crippen LogP contribution >= 0.6 is 0 Å². The van der Waals surface area contributed by atoms with Crippen molar-refractivity contribution in [2.24, 2.45) is 20.0 Å². The number of rotatable bonds is 4. The maximum Gasteiger partial charge on any atom is 0.332 e. The van der Waals surface area contributed by atoms with Gasteiger partial charge in [-0.15, -0.1) is 0 Å². The first-order valence-electron chi connectivity index (χ1n) is 8.44. The minimum absolute atomic E-state index is 0.0826. The number of likely N-dealkylation sites (tertiary alicyclic amines) is 1. The van der Waals surface area contributed by atoms with Crippen molar-refractivity contribution in [3.63, 3.8) is 0 Å². The monoisotopic (exact) mass is 352 g/mol. The Morgan fingerprint density at radius 1 is 1.12 bits per heavy atom. The number of anilines is 1.